The standard InChI is InChI=1S/C18H15F4NO/c19-16-6-4-14(5-7-16)17(24)23-10-13(11-23)8-12-2-1-3-15(9-12)18(20,21)22/h1-7,9,13H,8,10-11H2. The molecule has 1 fully saturated rings. The maximum absolute atomic E-state index is 12.9. The predicted octanol–water partition coefficient (Wildman–Crippen LogP) is 4.16. The lowest BCUT2D eigenvalue weighted by molar-refractivity contribution is -0.137. The number of amides is 1. The largest absolute Gasteiger partial charge is 0.416 e. The van der Waals surface area contributed by atoms with Crippen LogP contribution in [-0.2, 0) is 12.6 Å². The van der Waals surface area contributed by atoms with Crippen molar-refractivity contribution in [2.24, 2.45) is 5.92 Å². The highest BCUT2D eigenvalue weighted by Gasteiger charge is 2.33. The number of hydrogen-bond acceptors (Lipinski definition) is 1. The first kappa shape index (κ1) is 16.5. The molecule has 0 spiro atoms. The normalized spacial score (nSPS) is 15.2. The Morgan fingerprint density at radius 3 is 2.38 bits per heavy atom. The average Bonchev–Trinajstić information content (AvgIpc) is 2.50. The van der Waals surface area contributed by atoms with Gasteiger partial charge in [-0.15, -0.1) is 0 Å². The molecule has 6 heteroatoms. The van der Waals surface area contributed by atoms with Crippen LogP contribution in [0, 0.1) is 11.7 Å². The van der Waals surface area contributed by atoms with Crippen molar-refractivity contribution in [2.45, 2.75) is 12.6 Å². The van der Waals surface area contributed by atoms with Crippen LogP contribution in [0.15, 0.2) is 48.5 Å². The first-order chi connectivity index (χ1) is 11.3. The molecule has 0 aromatic heterocycles. The molecule has 1 heterocycles. The smallest absolute Gasteiger partial charge is 0.338 e. The Labute approximate surface area is 136 Å². The van der Waals surface area contributed by atoms with E-state index >= 15 is 0 Å². The van der Waals surface area contributed by atoms with E-state index in [0.717, 1.165) is 12.1 Å². The summed E-state index contributed by atoms with van der Waals surface area (Å²) < 4.78 is 51.0. The third-order valence-corrected chi connectivity index (χ3v) is 4.11. The molecule has 2 nitrogen and oxygen atoms in total. The summed E-state index contributed by atoms with van der Waals surface area (Å²) in [6.07, 6.45) is -3.85. The second-order valence-corrected chi connectivity index (χ2v) is 5.99. The maximum Gasteiger partial charge on any atom is 0.416 e. The molecule has 1 aliphatic heterocycles. The number of alkyl halides is 3. The van der Waals surface area contributed by atoms with E-state index in [4.69, 9.17) is 0 Å². The minimum absolute atomic E-state index is 0.137. The zero-order chi connectivity index (χ0) is 17.3. The molecule has 1 aliphatic rings. The molecule has 3 rings (SSSR count). The van der Waals surface area contributed by atoms with Gasteiger partial charge in [0, 0.05) is 18.7 Å². The van der Waals surface area contributed by atoms with Crippen molar-refractivity contribution in [1.82, 2.24) is 4.90 Å². The quantitative estimate of drug-likeness (QED) is 0.770. The molecule has 2 aromatic carbocycles. The third kappa shape index (κ3) is 3.58. The van der Waals surface area contributed by atoms with Crippen molar-refractivity contribution < 1.29 is 22.4 Å². The molecule has 1 amide bonds. The Bertz CT molecular complexity index is 733. The SMILES string of the molecule is O=C(c1ccc(F)cc1)N1CC(Cc2cccc(C(F)(F)F)c2)C1. The van der Waals surface area contributed by atoms with Gasteiger partial charge in [-0.3, -0.25) is 4.79 Å². The predicted molar refractivity (Wildman–Crippen MR) is 80.9 cm³/mol. The van der Waals surface area contributed by atoms with Gasteiger partial charge in [0.25, 0.3) is 5.91 Å². The summed E-state index contributed by atoms with van der Waals surface area (Å²) in [5, 5.41) is 0. The zero-order valence-electron chi connectivity index (χ0n) is 12.7. The topological polar surface area (TPSA) is 20.3 Å². The van der Waals surface area contributed by atoms with Gasteiger partial charge in [-0.1, -0.05) is 18.2 Å². The summed E-state index contributed by atoms with van der Waals surface area (Å²) in [7, 11) is 0. The minimum atomic E-state index is -4.35. The van der Waals surface area contributed by atoms with E-state index < -0.39 is 17.6 Å². The Hall–Kier alpha value is -2.37. The fraction of sp³-hybridized carbons (Fsp3) is 0.278. The van der Waals surface area contributed by atoms with Gasteiger partial charge in [0.15, 0.2) is 0 Å². The van der Waals surface area contributed by atoms with Crippen LogP contribution >= 0.6 is 0 Å². The zero-order valence-corrected chi connectivity index (χ0v) is 12.7. The first-order valence-corrected chi connectivity index (χ1v) is 7.54. The van der Waals surface area contributed by atoms with Gasteiger partial charge in [-0.2, -0.15) is 13.2 Å². The van der Waals surface area contributed by atoms with E-state index in [1.807, 2.05) is 0 Å². The van der Waals surface area contributed by atoms with E-state index in [1.165, 1.54) is 30.3 Å². The van der Waals surface area contributed by atoms with Gasteiger partial charge >= 0.3 is 6.18 Å². The molecule has 0 atom stereocenters. The number of halogens is 4. The summed E-state index contributed by atoms with van der Waals surface area (Å²) in [5.74, 6) is -0.453. The van der Waals surface area contributed by atoms with E-state index in [1.54, 1.807) is 11.0 Å². The highest BCUT2D eigenvalue weighted by Crippen LogP contribution is 2.31. The van der Waals surface area contributed by atoms with Crippen LogP contribution in [0.4, 0.5) is 17.6 Å². The van der Waals surface area contributed by atoms with Gasteiger partial charge in [0.1, 0.15) is 5.82 Å². The van der Waals surface area contributed by atoms with Gasteiger partial charge in [0.2, 0.25) is 0 Å². The molecule has 1 saturated heterocycles. The molecule has 0 unspecified atom stereocenters. The van der Waals surface area contributed by atoms with Crippen LogP contribution < -0.4 is 0 Å². The second kappa shape index (κ2) is 6.26. The molecule has 0 bridgehead atoms. The fourth-order valence-corrected chi connectivity index (χ4v) is 2.85. The van der Waals surface area contributed by atoms with Crippen molar-refractivity contribution in [3.8, 4) is 0 Å². The maximum atomic E-state index is 12.9. The van der Waals surface area contributed by atoms with E-state index in [-0.39, 0.29) is 11.8 Å². The van der Waals surface area contributed by atoms with Crippen molar-refractivity contribution >= 4 is 5.91 Å². The highest BCUT2D eigenvalue weighted by molar-refractivity contribution is 5.94. The number of carbonyl (C=O) groups is 1. The fourth-order valence-electron chi connectivity index (χ4n) is 2.85. The monoisotopic (exact) mass is 337 g/mol. The van der Waals surface area contributed by atoms with Crippen LogP contribution in [0.1, 0.15) is 21.5 Å². The number of benzene rings is 2. The summed E-state index contributed by atoms with van der Waals surface area (Å²) in [4.78, 5) is 13.8. The van der Waals surface area contributed by atoms with Crippen molar-refractivity contribution in [3.05, 3.63) is 71.0 Å². The van der Waals surface area contributed by atoms with E-state index in [2.05, 4.69) is 0 Å². The second-order valence-electron chi connectivity index (χ2n) is 5.99. The van der Waals surface area contributed by atoms with Crippen LogP contribution in [0.5, 0.6) is 0 Å². The lowest BCUT2D eigenvalue weighted by Gasteiger charge is -2.39. The van der Waals surface area contributed by atoms with Crippen molar-refractivity contribution in [1.29, 1.82) is 0 Å². The summed E-state index contributed by atoms with van der Waals surface area (Å²) in [5.41, 5.74) is 0.371. The van der Waals surface area contributed by atoms with Crippen molar-refractivity contribution in [2.75, 3.05) is 13.1 Å². The summed E-state index contributed by atoms with van der Waals surface area (Å²) >= 11 is 0. The van der Waals surface area contributed by atoms with Crippen LogP contribution in [0.3, 0.4) is 0 Å². The van der Waals surface area contributed by atoms with E-state index in [0.29, 0.717) is 30.6 Å². The molecule has 0 saturated carbocycles. The highest BCUT2D eigenvalue weighted by atomic mass is 19.4. The van der Waals surface area contributed by atoms with Crippen LogP contribution in [0.2, 0.25) is 0 Å². The van der Waals surface area contributed by atoms with Crippen LogP contribution in [-0.4, -0.2) is 23.9 Å². The molecule has 2 aromatic rings. The van der Waals surface area contributed by atoms with Crippen molar-refractivity contribution in [3.63, 3.8) is 0 Å². The Kier molecular flexibility index (Phi) is 4.30. The Morgan fingerprint density at radius 2 is 1.75 bits per heavy atom. The number of rotatable bonds is 3. The summed E-state index contributed by atoms with van der Waals surface area (Å²) in [6, 6.07) is 10.6. The number of hydrogen-bond donors (Lipinski definition) is 0. The van der Waals surface area contributed by atoms with Gasteiger partial charge in [0.05, 0.1) is 5.56 Å². The van der Waals surface area contributed by atoms with Crippen LogP contribution in [0.25, 0.3) is 0 Å². The van der Waals surface area contributed by atoms with E-state index in [9.17, 15) is 22.4 Å². The first-order valence-electron chi connectivity index (χ1n) is 7.54. The molecule has 24 heavy (non-hydrogen) atoms. The van der Waals surface area contributed by atoms with Gasteiger partial charge < -0.3 is 4.90 Å². The third-order valence-electron chi connectivity index (χ3n) is 4.11. The van der Waals surface area contributed by atoms with Gasteiger partial charge in [-0.25, -0.2) is 4.39 Å². The number of carbonyl (C=O) groups excluding carboxylic acids is 1. The van der Waals surface area contributed by atoms with Gasteiger partial charge in [-0.05, 0) is 48.2 Å². The Balaban J connectivity index is 1.57. The molecule has 0 aliphatic carbocycles. The lowest BCUT2D eigenvalue weighted by atomic mass is 9.91. The number of likely N-dealkylation sites (tertiary alicyclic amines) is 1. The molecule has 0 radical (unpaired) electrons. The molecular weight excluding hydrogens is 322 g/mol. The minimum Gasteiger partial charge on any atom is -0.338 e. The average molecular weight is 337 g/mol. The number of nitrogens with zero attached hydrogens (tertiary/aromatic N) is 1. The Morgan fingerprint density at radius 1 is 1.08 bits per heavy atom. The summed E-state index contributed by atoms with van der Waals surface area (Å²) in [6.45, 7) is 0.985. The molecule has 0 N–H and O–H groups in total. The lowest BCUT2D eigenvalue weighted by Crippen LogP contribution is -2.50. The molecule has 126 valence electrons. The molecular formula is C18H15F4NO.